The van der Waals surface area contributed by atoms with Gasteiger partial charge in [0.15, 0.2) is 0 Å². The molecule has 1 amide bonds. The molecule has 2 rings (SSSR count). The number of carboxylic acids is 1. The summed E-state index contributed by atoms with van der Waals surface area (Å²) in [5.74, 6) is -1.76. The minimum Gasteiger partial charge on any atom is -0.480 e. The molecule has 7 heteroatoms. The average Bonchev–Trinajstić information content (AvgIpc) is 2.93. The van der Waals surface area contributed by atoms with Crippen LogP contribution < -0.4 is 5.32 Å². The van der Waals surface area contributed by atoms with Gasteiger partial charge in [0.1, 0.15) is 6.04 Å². The maximum absolute atomic E-state index is 12.1. The van der Waals surface area contributed by atoms with Gasteiger partial charge in [-0.1, -0.05) is 31.5 Å². The van der Waals surface area contributed by atoms with Gasteiger partial charge in [0.25, 0.3) is 5.91 Å². The quantitative estimate of drug-likeness (QED) is 0.885. The molecule has 1 aromatic heterocycles. The van der Waals surface area contributed by atoms with Gasteiger partial charge in [0.2, 0.25) is 0 Å². The van der Waals surface area contributed by atoms with E-state index in [2.05, 4.69) is 10.4 Å². The van der Waals surface area contributed by atoms with E-state index >= 15 is 0 Å². The number of hydrogen-bond donors (Lipinski definition) is 2. The fourth-order valence-corrected chi connectivity index (χ4v) is 2.12. The topological polar surface area (TPSA) is 84.2 Å². The molecular weight excluding hydrogens is 306 g/mol. The first-order valence-electron chi connectivity index (χ1n) is 6.72. The molecule has 2 N–H and O–H groups in total. The molecule has 0 bridgehead atoms. The maximum Gasteiger partial charge on any atom is 0.326 e. The number of carbonyl (C=O) groups excluding carboxylic acids is 1. The van der Waals surface area contributed by atoms with Crippen molar-refractivity contribution >= 4 is 23.5 Å². The number of nitrogens with zero attached hydrogens (tertiary/aromatic N) is 2. The van der Waals surface area contributed by atoms with Crippen LogP contribution in [0.2, 0.25) is 5.02 Å². The Hall–Kier alpha value is -2.34. The molecule has 22 heavy (non-hydrogen) atoms. The molecular formula is C15H16ClN3O3. The monoisotopic (exact) mass is 321 g/mol. The number of aliphatic carboxylic acids is 1. The third-order valence-electron chi connectivity index (χ3n) is 3.14. The van der Waals surface area contributed by atoms with E-state index < -0.39 is 17.9 Å². The van der Waals surface area contributed by atoms with Gasteiger partial charge in [-0.2, -0.15) is 5.10 Å². The largest absolute Gasteiger partial charge is 0.480 e. The van der Waals surface area contributed by atoms with Crippen LogP contribution in [0.15, 0.2) is 36.7 Å². The maximum atomic E-state index is 12.1. The van der Waals surface area contributed by atoms with Crippen LogP contribution in [0.4, 0.5) is 0 Å². The van der Waals surface area contributed by atoms with Crippen LogP contribution >= 0.6 is 11.6 Å². The summed E-state index contributed by atoms with van der Waals surface area (Å²) in [5, 5.41) is 16.2. The zero-order valence-electron chi connectivity index (χ0n) is 12.2. The van der Waals surface area contributed by atoms with Crippen LogP contribution in [0, 0.1) is 5.92 Å². The molecule has 0 spiro atoms. The molecule has 0 aliphatic rings. The van der Waals surface area contributed by atoms with Crippen molar-refractivity contribution in [1.29, 1.82) is 0 Å². The summed E-state index contributed by atoms with van der Waals surface area (Å²) in [6, 6.07) is 6.08. The Morgan fingerprint density at radius 1 is 1.36 bits per heavy atom. The zero-order chi connectivity index (χ0) is 16.3. The number of amides is 1. The van der Waals surface area contributed by atoms with Gasteiger partial charge in [0.05, 0.1) is 17.4 Å². The fraction of sp³-hybridized carbons (Fsp3) is 0.267. The molecule has 0 aliphatic heterocycles. The highest BCUT2D eigenvalue weighted by Crippen LogP contribution is 2.15. The fourth-order valence-electron chi connectivity index (χ4n) is 1.94. The smallest absolute Gasteiger partial charge is 0.326 e. The van der Waals surface area contributed by atoms with Crippen molar-refractivity contribution < 1.29 is 14.7 Å². The molecule has 0 saturated carbocycles. The third-order valence-corrected chi connectivity index (χ3v) is 3.37. The minimum atomic E-state index is -1.06. The lowest BCUT2D eigenvalue weighted by Gasteiger charge is -2.17. The Balaban J connectivity index is 2.17. The molecule has 1 atom stereocenters. The van der Waals surface area contributed by atoms with Crippen molar-refractivity contribution in [3.05, 3.63) is 47.2 Å². The van der Waals surface area contributed by atoms with Crippen LogP contribution in [0.5, 0.6) is 0 Å². The van der Waals surface area contributed by atoms with Gasteiger partial charge < -0.3 is 10.4 Å². The van der Waals surface area contributed by atoms with E-state index in [-0.39, 0.29) is 11.5 Å². The van der Waals surface area contributed by atoms with Gasteiger partial charge >= 0.3 is 5.97 Å². The number of carbonyl (C=O) groups is 2. The van der Waals surface area contributed by atoms with Gasteiger partial charge in [-0.05, 0) is 24.1 Å². The van der Waals surface area contributed by atoms with Gasteiger partial charge in [0, 0.05) is 11.2 Å². The van der Waals surface area contributed by atoms with Crippen molar-refractivity contribution in [2.75, 3.05) is 0 Å². The molecule has 116 valence electrons. The Bertz CT molecular complexity index is 697. The van der Waals surface area contributed by atoms with Gasteiger partial charge in [-0.3, -0.25) is 4.79 Å². The van der Waals surface area contributed by atoms with Gasteiger partial charge in [-0.25, -0.2) is 9.48 Å². The highest BCUT2D eigenvalue weighted by molar-refractivity contribution is 6.30. The van der Waals surface area contributed by atoms with Gasteiger partial charge in [-0.15, -0.1) is 0 Å². The van der Waals surface area contributed by atoms with Crippen molar-refractivity contribution in [1.82, 2.24) is 15.1 Å². The molecule has 0 saturated heterocycles. The second-order valence-electron chi connectivity index (χ2n) is 5.19. The van der Waals surface area contributed by atoms with E-state index in [0.717, 1.165) is 0 Å². The number of nitrogens with one attached hydrogen (secondary N) is 1. The first-order valence-corrected chi connectivity index (χ1v) is 7.10. The lowest BCUT2D eigenvalue weighted by Crippen LogP contribution is -2.44. The SMILES string of the molecule is CC(C)[C@@H](NC(=O)c1cnn(-c2cccc(Cl)c2)c1)C(=O)O. The van der Waals surface area contributed by atoms with E-state index in [1.165, 1.54) is 17.1 Å². The predicted molar refractivity (Wildman–Crippen MR) is 82.3 cm³/mol. The zero-order valence-corrected chi connectivity index (χ0v) is 12.9. The minimum absolute atomic E-state index is 0.218. The number of rotatable bonds is 5. The normalized spacial score (nSPS) is 12.2. The summed E-state index contributed by atoms with van der Waals surface area (Å²) in [5.41, 5.74) is 0.997. The van der Waals surface area contributed by atoms with Crippen LogP contribution in [0.3, 0.4) is 0 Å². The van der Waals surface area contributed by atoms with E-state index in [9.17, 15) is 9.59 Å². The lowest BCUT2D eigenvalue weighted by molar-refractivity contribution is -0.140. The predicted octanol–water partition coefficient (Wildman–Crippen LogP) is 2.36. The molecule has 0 aliphatic carbocycles. The first kappa shape index (κ1) is 16.0. The summed E-state index contributed by atoms with van der Waals surface area (Å²) in [6.07, 6.45) is 2.91. The summed E-state index contributed by atoms with van der Waals surface area (Å²) >= 11 is 5.92. The van der Waals surface area contributed by atoms with Crippen LogP contribution in [-0.2, 0) is 4.79 Å². The van der Waals surface area contributed by atoms with E-state index in [0.29, 0.717) is 10.7 Å². The number of carboxylic acid groups (broad SMARTS) is 1. The first-order chi connectivity index (χ1) is 10.4. The molecule has 6 nitrogen and oxygen atoms in total. The molecule has 1 heterocycles. The lowest BCUT2D eigenvalue weighted by atomic mass is 10.0. The van der Waals surface area contributed by atoms with E-state index in [1.807, 2.05) is 0 Å². The summed E-state index contributed by atoms with van der Waals surface area (Å²) in [6.45, 7) is 3.46. The van der Waals surface area contributed by atoms with Crippen LogP contribution in [0.1, 0.15) is 24.2 Å². The summed E-state index contributed by atoms with van der Waals surface area (Å²) in [4.78, 5) is 23.2. The number of hydrogen-bond acceptors (Lipinski definition) is 3. The van der Waals surface area contributed by atoms with Crippen molar-refractivity contribution in [2.24, 2.45) is 5.92 Å². The van der Waals surface area contributed by atoms with E-state index in [4.69, 9.17) is 16.7 Å². The number of benzene rings is 1. The third kappa shape index (κ3) is 3.65. The Morgan fingerprint density at radius 2 is 2.09 bits per heavy atom. The molecule has 2 aromatic rings. The Labute approximate surface area is 132 Å². The van der Waals surface area contributed by atoms with Crippen LogP contribution in [-0.4, -0.2) is 32.8 Å². The van der Waals surface area contributed by atoms with Crippen molar-refractivity contribution in [2.45, 2.75) is 19.9 Å². The Morgan fingerprint density at radius 3 is 2.68 bits per heavy atom. The molecule has 0 radical (unpaired) electrons. The average molecular weight is 322 g/mol. The van der Waals surface area contributed by atoms with Crippen molar-refractivity contribution in [3.8, 4) is 5.69 Å². The van der Waals surface area contributed by atoms with Crippen molar-refractivity contribution in [3.63, 3.8) is 0 Å². The number of aromatic nitrogens is 2. The number of halogens is 1. The molecule has 0 fully saturated rings. The van der Waals surface area contributed by atoms with Crippen LogP contribution in [0.25, 0.3) is 5.69 Å². The molecule has 0 unspecified atom stereocenters. The van der Waals surface area contributed by atoms with E-state index in [1.54, 1.807) is 38.1 Å². The highest BCUT2D eigenvalue weighted by atomic mass is 35.5. The summed E-state index contributed by atoms with van der Waals surface area (Å²) < 4.78 is 1.51. The second-order valence-corrected chi connectivity index (χ2v) is 5.62. The second kappa shape index (κ2) is 6.62. The standard InChI is InChI=1S/C15H16ClN3O3/c1-9(2)13(15(21)22)18-14(20)10-7-17-19(8-10)12-5-3-4-11(16)6-12/h3-9,13H,1-2H3,(H,18,20)(H,21,22)/t13-/m1/s1. The highest BCUT2D eigenvalue weighted by Gasteiger charge is 2.24. The molecule has 1 aromatic carbocycles. The Kier molecular flexibility index (Phi) is 4.82. The summed E-state index contributed by atoms with van der Waals surface area (Å²) in [7, 11) is 0.